The number of aromatic nitrogens is 4. The fourth-order valence-electron chi connectivity index (χ4n) is 4.61. The number of nitrogens with one attached hydrogen (secondary N) is 2. The lowest BCUT2D eigenvalue weighted by Gasteiger charge is -2.39. The minimum atomic E-state index is -4.85. The van der Waals surface area contributed by atoms with Gasteiger partial charge in [-0.15, -0.1) is 18.3 Å². The van der Waals surface area contributed by atoms with Crippen LogP contribution in [0.5, 0.6) is 5.75 Å². The number of carbonyl (C=O) groups excluding carboxylic acids is 3. The Bertz CT molecular complexity index is 1630. The molecule has 2 N–H and O–H groups in total. The van der Waals surface area contributed by atoms with E-state index >= 15 is 0 Å². The van der Waals surface area contributed by atoms with Crippen LogP contribution in [0.3, 0.4) is 0 Å². The highest BCUT2D eigenvalue weighted by Gasteiger charge is 2.35. The first-order valence-corrected chi connectivity index (χ1v) is 14.7. The van der Waals surface area contributed by atoms with Crippen LogP contribution in [0.2, 0.25) is 0 Å². The Morgan fingerprint density at radius 3 is 2.53 bits per heavy atom. The molecule has 3 aromatic rings. The summed E-state index contributed by atoms with van der Waals surface area (Å²) in [4.78, 5) is 50.9. The number of alkyl halides is 4. The number of amides is 3. The van der Waals surface area contributed by atoms with Gasteiger partial charge in [0.05, 0.1) is 12.7 Å². The van der Waals surface area contributed by atoms with Crippen molar-refractivity contribution in [1.82, 2.24) is 29.8 Å². The Kier molecular flexibility index (Phi) is 10.9. The molecule has 0 bridgehead atoms. The molecule has 17 heteroatoms. The Morgan fingerprint density at radius 1 is 1.11 bits per heavy atom. The zero-order chi connectivity index (χ0) is 34.4. The maximum absolute atomic E-state index is 14.7. The summed E-state index contributed by atoms with van der Waals surface area (Å²) in [6, 6.07) is 7.88. The summed E-state index contributed by atoms with van der Waals surface area (Å²) in [7, 11) is 0. The number of hydrogen-bond donors (Lipinski definition) is 2. The van der Waals surface area contributed by atoms with Crippen LogP contribution in [0, 0.1) is 5.92 Å². The van der Waals surface area contributed by atoms with Gasteiger partial charge in [-0.05, 0) is 51.0 Å². The van der Waals surface area contributed by atoms with Crippen LogP contribution in [-0.2, 0) is 29.2 Å². The van der Waals surface area contributed by atoms with Crippen LogP contribution in [0.15, 0.2) is 53.6 Å². The fraction of sp³-hybridized carbons (Fsp3) is 0.467. The minimum Gasteiger partial charge on any atom is -0.444 e. The highest BCUT2D eigenvalue weighted by molar-refractivity contribution is 5.92. The summed E-state index contributed by atoms with van der Waals surface area (Å²) in [6.45, 7) is 5.81. The largest absolute Gasteiger partial charge is 0.573 e. The number of likely N-dealkylation sites (tertiary alicyclic amines) is 1. The van der Waals surface area contributed by atoms with Crippen LogP contribution in [0.4, 0.5) is 28.0 Å². The molecule has 1 aromatic carbocycles. The van der Waals surface area contributed by atoms with Gasteiger partial charge in [0.15, 0.2) is 5.69 Å². The van der Waals surface area contributed by atoms with E-state index in [0.717, 1.165) is 16.8 Å². The number of halogens is 4. The van der Waals surface area contributed by atoms with E-state index in [1.807, 2.05) is 0 Å². The number of aryl methyl sites for hydroxylation is 1. The molecular formula is C30H35F4N7O6. The second-order valence-electron chi connectivity index (χ2n) is 12.0. The molecule has 0 aliphatic carbocycles. The number of rotatable bonds is 12. The van der Waals surface area contributed by atoms with Crippen molar-refractivity contribution < 1.29 is 41.4 Å². The maximum atomic E-state index is 14.7. The van der Waals surface area contributed by atoms with Crippen molar-refractivity contribution >= 4 is 23.6 Å². The highest BCUT2D eigenvalue weighted by atomic mass is 19.4. The third kappa shape index (κ3) is 11.1. The van der Waals surface area contributed by atoms with Gasteiger partial charge in [-0.2, -0.15) is 0 Å². The fourth-order valence-corrected chi connectivity index (χ4v) is 4.61. The number of hydrogen-bond acceptors (Lipinski definition) is 8. The quantitative estimate of drug-likeness (QED) is 0.277. The SMILES string of the molecule is CC(C)(C)OC(=O)N1CC(CC(=O)Nc2ccn(CCC(F)Cn3cc(C(=O)NCc4cccc(OC(F)(F)F)c4)nn3)c(=O)c2)C1. The standard InChI is InChI=1S/C30H35F4N7O6/c1-29(2,3)47-28(45)40-15-20(16-40)12-25(42)36-22-8-10-39(26(43)13-22)9-7-21(31)17-41-18-24(37-38-41)27(44)35-14-19-5-4-6-23(11-19)46-30(32,33)34/h4-6,8,10-11,13,18,20-21H,7,9,12,14-17H2,1-3H3,(H,35,44)(H,36,42). The average molecular weight is 666 g/mol. The molecule has 4 rings (SSSR count). The molecule has 3 heterocycles. The normalized spacial score (nSPS) is 14.2. The Hall–Kier alpha value is -4.96. The molecular weight excluding hydrogens is 630 g/mol. The molecule has 2 aromatic heterocycles. The van der Waals surface area contributed by atoms with Crippen molar-refractivity contribution in [2.24, 2.45) is 5.92 Å². The van der Waals surface area contributed by atoms with E-state index in [2.05, 4.69) is 25.7 Å². The summed E-state index contributed by atoms with van der Waals surface area (Å²) < 4.78 is 63.6. The topological polar surface area (TPSA) is 150 Å². The molecule has 1 saturated heterocycles. The van der Waals surface area contributed by atoms with Crippen molar-refractivity contribution in [2.75, 3.05) is 18.4 Å². The smallest absolute Gasteiger partial charge is 0.444 e. The molecule has 1 aliphatic rings. The Balaban J connectivity index is 1.18. The molecule has 1 atom stereocenters. The molecule has 0 spiro atoms. The molecule has 0 radical (unpaired) electrons. The van der Waals surface area contributed by atoms with Gasteiger partial charge >= 0.3 is 12.5 Å². The first-order chi connectivity index (χ1) is 22.0. The van der Waals surface area contributed by atoms with Gasteiger partial charge in [-0.1, -0.05) is 17.3 Å². The van der Waals surface area contributed by atoms with Gasteiger partial charge in [-0.3, -0.25) is 14.4 Å². The van der Waals surface area contributed by atoms with E-state index in [-0.39, 0.29) is 50.0 Å². The summed E-state index contributed by atoms with van der Waals surface area (Å²) in [5, 5.41) is 12.6. The monoisotopic (exact) mass is 665 g/mol. The molecule has 0 saturated carbocycles. The molecule has 3 amide bonds. The van der Waals surface area contributed by atoms with Gasteiger partial charge in [0.25, 0.3) is 11.5 Å². The number of anilines is 1. The molecule has 47 heavy (non-hydrogen) atoms. The van der Waals surface area contributed by atoms with Crippen LogP contribution in [0.25, 0.3) is 0 Å². The molecule has 254 valence electrons. The number of benzene rings is 1. The Morgan fingerprint density at radius 2 is 1.85 bits per heavy atom. The van der Waals surface area contributed by atoms with E-state index in [1.54, 1.807) is 20.8 Å². The summed E-state index contributed by atoms with van der Waals surface area (Å²) in [6.07, 6.45) is -3.93. The minimum absolute atomic E-state index is 0.0206. The van der Waals surface area contributed by atoms with Crippen molar-refractivity contribution in [3.8, 4) is 5.75 Å². The van der Waals surface area contributed by atoms with E-state index in [1.165, 1.54) is 46.1 Å². The lowest BCUT2D eigenvalue weighted by molar-refractivity contribution is -0.274. The number of ether oxygens (including phenoxy) is 2. The summed E-state index contributed by atoms with van der Waals surface area (Å²) in [5.41, 5.74) is -0.511. The maximum Gasteiger partial charge on any atom is 0.573 e. The molecule has 1 aliphatic heterocycles. The lowest BCUT2D eigenvalue weighted by atomic mass is 9.96. The third-order valence-corrected chi connectivity index (χ3v) is 6.79. The van der Waals surface area contributed by atoms with Crippen molar-refractivity contribution in [1.29, 1.82) is 0 Å². The van der Waals surface area contributed by atoms with Crippen LogP contribution in [-0.4, -0.2) is 73.6 Å². The number of carbonyl (C=O) groups is 3. The predicted molar refractivity (Wildman–Crippen MR) is 159 cm³/mol. The van der Waals surface area contributed by atoms with Crippen molar-refractivity contribution in [2.45, 2.75) is 71.4 Å². The lowest BCUT2D eigenvalue weighted by Crippen LogP contribution is -2.52. The zero-order valence-corrected chi connectivity index (χ0v) is 25.9. The van der Waals surface area contributed by atoms with Gasteiger partial charge in [-0.25, -0.2) is 13.9 Å². The van der Waals surface area contributed by atoms with Crippen molar-refractivity contribution in [3.05, 3.63) is 70.4 Å². The van der Waals surface area contributed by atoms with Crippen LogP contribution < -0.4 is 20.9 Å². The molecule has 1 fully saturated rings. The predicted octanol–water partition coefficient (Wildman–Crippen LogP) is 3.89. The second kappa shape index (κ2) is 14.6. The van der Waals surface area contributed by atoms with E-state index < -0.39 is 41.4 Å². The van der Waals surface area contributed by atoms with Gasteiger partial charge < -0.3 is 29.6 Å². The van der Waals surface area contributed by atoms with E-state index in [4.69, 9.17) is 4.74 Å². The van der Waals surface area contributed by atoms with E-state index in [9.17, 15) is 36.7 Å². The van der Waals surface area contributed by atoms with E-state index in [0.29, 0.717) is 24.3 Å². The van der Waals surface area contributed by atoms with Gasteiger partial charge in [0, 0.05) is 56.5 Å². The first kappa shape index (κ1) is 34.9. The van der Waals surface area contributed by atoms with Crippen molar-refractivity contribution in [3.63, 3.8) is 0 Å². The van der Waals surface area contributed by atoms with Crippen LogP contribution in [0.1, 0.15) is 49.7 Å². The number of pyridine rings is 1. The van der Waals surface area contributed by atoms with Crippen LogP contribution >= 0.6 is 0 Å². The zero-order valence-electron chi connectivity index (χ0n) is 25.9. The summed E-state index contributed by atoms with van der Waals surface area (Å²) >= 11 is 0. The first-order valence-electron chi connectivity index (χ1n) is 14.7. The average Bonchev–Trinajstić information content (AvgIpc) is 3.39. The highest BCUT2D eigenvalue weighted by Crippen LogP contribution is 2.24. The number of nitrogens with zero attached hydrogens (tertiary/aromatic N) is 5. The summed E-state index contributed by atoms with van der Waals surface area (Å²) in [5.74, 6) is -1.41. The van der Waals surface area contributed by atoms with Gasteiger partial charge in [0.1, 0.15) is 17.5 Å². The molecule has 13 nitrogen and oxygen atoms in total. The molecule has 1 unspecified atom stereocenters. The third-order valence-electron chi connectivity index (χ3n) is 6.79. The second-order valence-corrected chi connectivity index (χ2v) is 12.0. The Labute approximate surface area is 266 Å². The van der Waals surface area contributed by atoms with Gasteiger partial charge in [0.2, 0.25) is 5.91 Å².